The summed E-state index contributed by atoms with van der Waals surface area (Å²) in [4.78, 5) is 16.2. The van der Waals surface area contributed by atoms with E-state index in [1.165, 1.54) is 0 Å². The molecule has 0 saturated carbocycles. The van der Waals surface area contributed by atoms with Crippen LogP contribution < -0.4 is 0 Å². The van der Waals surface area contributed by atoms with Gasteiger partial charge in [-0.3, -0.25) is 9.78 Å². The highest BCUT2D eigenvalue weighted by Crippen LogP contribution is 2.19. The Morgan fingerprint density at radius 2 is 1.84 bits per heavy atom. The lowest BCUT2D eigenvalue weighted by Gasteiger charge is -2.14. The minimum Gasteiger partial charge on any atom is -0.352 e. The SMILES string of the molecule is COC(OC)c1cccc(C(=O)c2cccnc2)c1. The zero-order valence-electron chi connectivity index (χ0n) is 10.9. The number of methoxy groups -OCH3 is 2. The maximum atomic E-state index is 12.3. The molecule has 0 aliphatic rings. The lowest BCUT2D eigenvalue weighted by molar-refractivity contribution is -0.106. The Bertz CT molecular complexity index is 550. The summed E-state index contributed by atoms with van der Waals surface area (Å²) in [7, 11) is 3.12. The number of pyridine rings is 1. The molecule has 0 aliphatic heterocycles. The Kier molecular flexibility index (Phi) is 4.39. The summed E-state index contributed by atoms with van der Waals surface area (Å²) in [5, 5.41) is 0. The third-order valence-corrected chi connectivity index (χ3v) is 2.77. The molecule has 1 aromatic carbocycles. The Morgan fingerprint density at radius 1 is 1.11 bits per heavy atom. The molecular weight excluding hydrogens is 242 g/mol. The van der Waals surface area contributed by atoms with E-state index in [2.05, 4.69) is 4.98 Å². The van der Waals surface area contributed by atoms with Gasteiger partial charge in [0, 0.05) is 43.3 Å². The van der Waals surface area contributed by atoms with Crippen molar-refractivity contribution in [2.24, 2.45) is 0 Å². The maximum absolute atomic E-state index is 12.3. The normalized spacial score (nSPS) is 10.7. The number of rotatable bonds is 5. The molecule has 19 heavy (non-hydrogen) atoms. The fourth-order valence-electron chi connectivity index (χ4n) is 1.86. The van der Waals surface area contributed by atoms with Gasteiger partial charge in [0.1, 0.15) is 0 Å². The highest BCUT2D eigenvalue weighted by molar-refractivity contribution is 6.08. The molecule has 4 heteroatoms. The summed E-state index contributed by atoms with van der Waals surface area (Å²) in [6, 6.07) is 10.7. The largest absolute Gasteiger partial charge is 0.352 e. The highest BCUT2D eigenvalue weighted by atomic mass is 16.7. The number of nitrogens with zero attached hydrogens (tertiary/aromatic N) is 1. The zero-order valence-corrected chi connectivity index (χ0v) is 10.9. The number of hydrogen-bond acceptors (Lipinski definition) is 4. The first-order valence-electron chi connectivity index (χ1n) is 5.86. The first-order valence-corrected chi connectivity index (χ1v) is 5.86. The van der Waals surface area contributed by atoms with E-state index in [0.29, 0.717) is 11.1 Å². The Hall–Kier alpha value is -2.04. The quantitative estimate of drug-likeness (QED) is 0.610. The van der Waals surface area contributed by atoms with Crippen LogP contribution in [0.3, 0.4) is 0 Å². The molecule has 0 saturated heterocycles. The second kappa shape index (κ2) is 6.22. The van der Waals surface area contributed by atoms with Crippen LogP contribution in [0, 0.1) is 0 Å². The Balaban J connectivity index is 2.31. The lowest BCUT2D eigenvalue weighted by atomic mass is 10.0. The molecule has 0 radical (unpaired) electrons. The van der Waals surface area contributed by atoms with E-state index >= 15 is 0 Å². The number of hydrogen-bond donors (Lipinski definition) is 0. The van der Waals surface area contributed by atoms with Gasteiger partial charge in [0.05, 0.1) is 0 Å². The van der Waals surface area contributed by atoms with E-state index < -0.39 is 6.29 Å². The maximum Gasteiger partial charge on any atom is 0.194 e. The molecule has 98 valence electrons. The molecule has 0 spiro atoms. The van der Waals surface area contributed by atoms with Crippen LogP contribution in [0.4, 0.5) is 0 Å². The molecule has 4 nitrogen and oxygen atoms in total. The highest BCUT2D eigenvalue weighted by Gasteiger charge is 2.13. The molecule has 0 unspecified atom stereocenters. The summed E-state index contributed by atoms with van der Waals surface area (Å²) >= 11 is 0. The van der Waals surface area contributed by atoms with Gasteiger partial charge in [-0.15, -0.1) is 0 Å². The Morgan fingerprint density at radius 3 is 2.47 bits per heavy atom. The van der Waals surface area contributed by atoms with Gasteiger partial charge < -0.3 is 9.47 Å². The van der Waals surface area contributed by atoms with Gasteiger partial charge in [-0.1, -0.05) is 18.2 Å². The lowest BCUT2D eigenvalue weighted by Crippen LogP contribution is -2.07. The summed E-state index contributed by atoms with van der Waals surface area (Å²) < 4.78 is 10.4. The summed E-state index contributed by atoms with van der Waals surface area (Å²) in [6.45, 7) is 0. The van der Waals surface area contributed by atoms with Crippen molar-refractivity contribution >= 4 is 5.78 Å². The molecule has 1 heterocycles. The molecule has 0 amide bonds. The standard InChI is InChI=1S/C15H15NO3/c1-18-15(19-2)12-6-3-5-11(9-12)14(17)13-7-4-8-16-10-13/h3-10,15H,1-2H3. The predicted molar refractivity (Wildman–Crippen MR) is 70.9 cm³/mol. The summed E-state index contributed by atoms with van der Waals surface area (Å²) in [5.41, 5.74) is 1.95. The molecule has 0 N–H and O–H groups in total. The molecular formula is C15H15NO3. The van der Waals surface area contributed by atoms with Crippen LogP contribution >= 0.6 is 0 Å². The third kappa shape index (κ3) is 3.05. The first-order chi connectivity index (χ1) is 9.26. The van der Waals surface area contributed by atoms with Gasteiger partial charge in [-0.2, -0.15) is 0 Å². The van der Waals surface area contributed by atoms with E-state index in [4.69, 9.17) is 9.47 Å². The fourth-order valence-corrected chi connectivity index (χ4v) is 1.86. The van der Waals surface area contributed by atoms with Gasteiger partial charge in [-0.05, 0) is 18.2 Å². The van der Waals surface area contributed by atoms with Crippen molar-refractivity contribution in [3.05, 3.63) is 65.5 Å². The van der Waals surface area contributed by atoms with E-state index in [1.807, 2.05) is 12.1 Å². The first kappa shape index (κ1) is 13.4. The van der Waals surface area contributed by atoms with Crippen molar-refractivity contribution in [2.45, 2.75) is 6.29 Å². The van der Waals surface area contributed by atoms with Gasteiger partial charge in [0.15, 0.2) is 12.1 Å². The van der Waals surface area contributed by atoms with E-state index in [-0.39, 0.29) is 5.78 Å². The van der Waals surface area contributed by atoms with Crippen molar-refractivity contribution < 1.29 is 14.3 Å². The van der Waals surface area contributed by atoms with Crippen LogP contribution in [0.15, 0.2) is 48.8 Å². The van der Waals surface area contributed by atoms with Crippen molar-refractivity contribution in [3.63, 3.8) is 0 Å². The van der Waals surface area contributed by atoms with E-state index in [1.54, 1.807) is 50.9 Å². The van der Waals surface area contributed by atoms with Gasteiger partial charge in [0.2, 0.25) is 0 Å². The number of benzene rings is 1. The van der Waals surface area contributed by atoms with Crippen molar-refractivity contribution in [1.82, 2.24) is 4.98 Å². The molecule has 0 aliphatic carbocycles. The van der Waals surface area contributed by atoms with Gasteiger partial charge >= 0.3 is 0 Å². The zero-order chi connectivity index (χ0) is 13.7. The molecule has 2 aromatic rings. The van der Waals surface area contributed by atoms with Crippen LogP contribution in [0.1, 0.15) is 27.8 Å². The predicted octanol–water partition coefficient (Wildman–Crippen LogP) is 2.60. The smallest absolute Gasteiger partial charge is 0.194 e. The van der Waals surface area contributed by atoms with Crippen molar-refractivity contribution in [3.8, 4) is 0 Å². The molecule has 0 fully saturated rings. The van der Waals surface area contributed by atoms with Gasteiger partial charge in [-0.25, -0.2) is 0 Å². The average Bonchev–Trinajstić information content (AvgIpc) is 2.49. The second-order valence-corrected chi connectivity index (χ2v) is 4.00. The topological polar surface area (TPSA) is 48.4 Å². The number of ketones is 1. The second-order valence-electron chi connectivity index (χ2n) is 4.00. The average molecular weight is 257 g/mol. The summed E-state index contributed by atoms with van der Waals surface area (Å²) in [6.07, 6.45) is 2.72. The van der Waals surface area contributed by atoms with Crippen molar-refractivity contribution in [2.75, 3.05) is 14.2 Å². The monoisotopic (exact) mass is 257 g/mol. The van der Waals surface area contributed by atoms with Crippen molar-refractivity contribution in [1.29, 1.82) is 0 Å². The van der Waals surface area contributed by atoms with Crippen LogP contribution in [0.2, 0.25) is 0 Å². The number of carbonyl (C=O) groups is 1. The Labute approximate surface area is 112 Å². The summed E-state index contributed by atoms with van der Waals surface area (Å²) in [5.74, 6) is -0.0686. The minimum atomic E-state index is -0.471. The van der Waals surface area contributed by atoms with Crippen LogP contribution in [0.5, 0.6) is 0 Å². The van der Waals surface area contributed by atoms with Crippen LogP contribution in [-0.2, 0) is 9.47 Å². The fraction of sp³-hybridized carbons (Fsp3) is 0.200. The number of aromatic nitrogens is 1. The minimum absolute atomic E-state index is 0.0686. The number of carbonyl (C=O) groups excluding carboxylic acids is 1. The van der Waals surface area contributed by atoms with E-state index in [9.17, 15) is 4.79 Å². The molecule has 1 aromatic heterocycles. The number of ether oxygens (including phenoxy) is 2. The van der Waals surface area contributed by atoms with Crippen LogP contribution in [-0.4, -0.2) is 25.0 Å². The van der Waals surface area contributed by atoms with Gasteiger partial charge in [0.25, 0.3) is 0 Å². The molecule has 2 rings (SSSR count). The van der Waals surface area contributed by atoms with E-state index in [0.717, 1.165) is 5.56 Å². The van der Waals surface area contributed by atoms with Crippen LogP contribution in [0.25, 0.3) is 0 Å². The molecule has 0 atom stereocenters. The third-order valence-electron chi connectivity index (χ3n) is 2.77. The molecule has 0 bridgehead atoms.